The Morgan fingerprint density at radius 3 is 2.50 bits per heavy atom. The van der Waals surface area contributed by atoms with E-state index in [9.17, 15) is 18.0 Å². The number of fused-ring (bicyclic) bond motifs is 1. The van der Waals surface area contributed by atoms with Crippen molar-refractivity contribution in [3.05, 3.63) is 29.3 Å². The number of anilines is 1. The third kappa shape index (κ3) is 2.41. The standard InChI is InChI=1S/C15H16F3NO/c16-15(17,18)10-5-6-13-12(7-10)11(8-14(20)19-13)9-3-1-2-4-9/h5-7,9,11H,1-4,8H2,(H,19,20). The van der Waals surface area contributed by atoms with Crippen molar-refractivity contribution in [1.29, 1.82) is 0 Å². The van der Waals surface area contributed by atoms with Crippen molar-refractivity contribution in [2.75, 3.05) is 5.32 Å². The molecule has 1 N–H and O–H groups in total. The van der Waals surface area contributed by atoms with Gasteiger partial charge in [-0.05, 0) is 48.4 Å². The predicted octanol–water partition coefficient (Wildman–Crippen LogP) is 4.32. The largest absolute Gasteiger partial charge is 0.416 e. The lowest BCUT2D eigenvalue weighted by Crippen LogP contribution is -2.27. The molecule has 0 radical (unpaired) electrons. The van der Waals surface area contributed by atoms with E-state index in [2.05, 4.69) is 5.32 Å². The van der Waals surface area contributed by atoms with Crippen molar-refractivity contribution in [2.24, 2.45) is 5.92 Å². The number of hydrogen-bond acceptors (Lipinski definition) is 1. The Bertz CT molecular complexity index is 532. The van der Waals surface area contributed by atoms with Crippen LogP contribution in [0.5, 0.6) is 0 Å². The minimum atomic E-state index is -4.34. The van der Waals surface area contributed by atoms with Gasteiger partial charge in [0.1, 0.15) is 0 Å². The highest BCUT2D eigenvalue weighted by atomic mass is 19.4. The van der Waals surface area contributed by atoms with E-state index < -0.39 is 11.7 Å². The predicted molar refractivity (Wildman–Crippen MR) is 69.4 cm³/mol. The van der Waals surface area contributed by atoms with Gasteiger partial charge < -0.3 is 5.32 Å². The second-order valence-electron chi connectivity index (χ2n) is 5.70. The van der Waals surface area contributed by atoms with Crippen LogP contribution < -0.4 is 5.32 Å². The van der Waals surface area contributed by atoms with Crippen LogP contribution in [0.15, 0.2) is 18.2 Å². The molecule has 1 amide bonds. The fourth-order valence-corrected chi connectivity index (χ4v) is 3.45. The summed E-state index contributed by atoms with van der Waals surface area (Å²) in [7, 11) is 0. The summed E-state index contributed by atoms with van der Waals surface area (Å²) < 4.78 is 38.6. The molecule has 0 saturated heterocycles. The molecule has 1 aliphatic heterocycles. The van der Waals surface area contributed by atoms with Gasteiger partial charge >= 0.3 is 6.18 Å². The quantitative estimate of drug-likeness (QED) is 0.817. The molecule has 0 aromatic heterocycles. The lowest BCUT2D eigenvalue weighted by atomic mass is 9.79. The summed E-state index contributed by atoms with van der Waals surface area (Å²) in [6.07, 6.45) is 0.200. The maximum absolute atomic E-state index is 12.9. The summed E-state index contributed by atoms with van der Waals surface area (Å²) in [5, 5.41) is 2.69. The van der Waals surface area contributed by atoms with Crippen molar-refractivity contribution < 1.29 is 18.0 Å². The SMILES string of the molecule is O=C1CC(C2CCCC2)c2cc(C(F)(F)F)ccc2N1. The second kappa shape index (κ2) is 4.79. The van der Waals surface area contributed by atoms with Crippen LogP contribution in [0.2, 0.25) is 0 Å². The third-order valence-corrected chi connectivity index (χ3v) is 4.43. The average molecular weight is 283 g/mol. The molecule has 1 atom stereocenters. The van der Waals surface area contributed by atoms with Crippen molar-refractivity contribution >= 4 is 11.6 Å². The van der Waals surface area contributed by atoms with Crippen LogP contribution in [0.25, 0.3) is 0 Å². The first-order chi connectivity index (χ1) is 9.45. The van der Waals surface area contributed by atoms with Crippen LogP contribution in [0.4, 0.5) is 18.9 Å². The van der Waals surface area contributed by atoms with Crippen LogP contribution in [0.1, 0.15) is 49.1 Å². The Labute approximate surface area is 115 Å². The summed E-state index contributed by atoms with van der Waals surface area (Å²) in [5.41, 5.74) is 0.577. The Hall–Kier alpha value is -1.52. The number of nitrogens with one attached hydrogen (secondary N) is 1. The fourth-order valence-electron chi connectivity index (χ4n) is 3.45. The van der Waals surface area contributed by atoms with Gasteiger partial charge in [-0.15, -0.1) is 0 Å². The molecule has 1 aromatic carbocycles. The van der Waals surface area contributed by atoms with Crippen LogP contribution >= 0.6 is 0 Å². The van der Waals surface area contributed by atoms with E-state index in [1.807, 2.05) is 0 Å². The number of alkyl halides is 3. The highest BCUT2D eigenvalue weighted by Crippen LogP contribution is 2.45. The van der Waals surface area contributed by atoms with Gasteiger partial charge in [0, 0.05) is 12.1 Å². The van der Waals surface area contributed by atoms with Gasteiger partial charge in [0.25, 0.3) is 0 Å². The van der Waals surface area contributed by atoms with Crippen LogP contribution in [0, 0.1) is 5.92 Å². The van der Waals surface area contributed by atoms with E-state index in [4.69, 9.17) is 0 Å². The molecule has 3 rings (SSSR count). The summed E-state index contributed by atoms with van der Waals surface area (Å²) in [4.78, 5) is 11.7. The van der Waals surface area contributed by atoms with Crippen LogP contribution in [-0.2, 0) is 11.0 Å². The fraction of sp³-hybridized carbons (Fsp3) is 0.533. The third-order valence-electron chi connectivity index (χ3n) is 4.43. The molecule has 1 fully saturated rings. The number of halogens is 3. The van der Waals surface area contributed by atoms with E-state index in [0.29, 0.717) is 23.6 Å². The topological polar surface area (TPSA) is 29.1 Å². The normalized spacial score (nSPS) is 23.6. The number of carbonyl (C=O) groups excluding carboxylic acids is 1. The summed E-state index contributed by atoms with van der Waals surface area (Å²) in [6.45, 7) is 0. The highest BCUT2D eigenvalue weighted by Gasteiger charge is 2.36. The van der Waals surface area contributed by atoms with Gasteiger partial charge in [0.05, 0.1) is 5.56 Å². The zero-order valence-electron chi connectivity index (χ0n) is 11.0. The molecular formula is C15H16F3NO. The van der Waals surface area contributed by atoms with Gasteiger partial charge in [0.15, 0.2) is 0 Å². The minimum Gasteiger partial charge on any atom is -0.326 e. The smallest absolute Gasteiger partial charge is 0.326 e. The number of rotatable bonds is 1. The number of hydrogen-bond donors (Lipinski definition) is 1. The zero-order valence-corrected chi connectivity index (χ0v) is 11.0. The molecule has 5 heteroatoms. The molecule has 2 nitrogen and oxygen atoms in total. The Kier molecular flexibility index (Phi) is 3.22. The molecule has 1 unspecified atom stereocenters. The first kappa shape index (κ1) is 13.5. The molecule has 20 heavy (non-hydrogen) atoms. The number of amides is 1. The van der Waals surface area contributed by atoms with Gasteiger partial charge in [-0.3, -0.25) is 4.79 Å². The minimum absolute atomic E-state index is 0.0662. The lowest BCUT2D eigenvalue weighted by molar-refractivity contribution is -0.137. The first-order valence-electron chi connectivity index (χ1n) is 6.96. The Morgan fingerprint density at radius 2 is 1.85 bits per heavy atom. The van der Waals surface area contributed by atoms with E-state index in [0.717, 1.165) is 31.7 Å². The summed E-state index contributed by atoms with van der Waals surface area (Å²) in [5.74, 6) is 0.181. The van der Waals surface area contributed by atoms with Gasteiger partial charge in [-0.1, -0.05) is 12.8 Å². The summed E-state index contributed by atoms with van der Waals surface area (Å²) >= 11 is 0. The highest BCUT2D eigenvalue weighted by molar-refractivity contribution is 5.94. The molecule has 1 aliphatic carbocycles. The first-order valence-corrected chi connectivity index (χ1v) is 6.96. The van der Waals surface area contributed by atoms with Gasteiger partial charge in [-0.25, -0.2) is 0 Å². The molecule has 1 heterocycles. The Balaban J connectivity index is 2.01. The van der Waals surface area contributed by atoms with Crippen molar-refractivity contribution in [3.8, 4) is 0 Å². The van der Waals surface area contributed by atoms with Crippen LogP contribution in [0.3, 0.4) is 0 Å². The van der Waals surface area contributed by atoms with Crippen molar-refractivity contribution in [2.45, 2.75) is 44.2 Å². The van der Waals surface area contributed by atoms with E-state index >= 15 is 0 Å². The van der Waals surface area contributed by atoms with Gasteiger partial charge in [0.2, 0.25) is 5.91 Å². The van der Waals surface area contributed by atoms with E-state index in [-0.39, 0.29) is 11.8 Å². The lowest BCUT2D eigenvalue weighted by Gasteiger charge is -2.30. The average Bonchev–Trinajstić information content (AvgIpc) is 2.89. The zero-order chi connectivity index (χ0) is 14.3. The van der Waals surface area contributed by atoms with Crippen molar-refractivity contribution in [1.82, 2.24) is 0 Å². The summed E-state index contributed by atoms with van der Waals surface area (Å²) in [6, 6.07) is 3.64. The second-order valence-corrected chi connectivity index (χ2v) is 5.70. The molecule has 1 aromatic rings. The van der Waals surface area contributed by atoms with E-state index in [1.54, 1.807) is 0 Å². The monoisotopic (exact) mass is 283 g/mol. The number of benzene rings is 1. The molecule has 108 valence electrons. The molecular weight excluding hydrogens is 267 g/mol. The molecule has 2 aliphatic rings. The maximum atomic E-state index is 12.9. The van der Waals surface area contributed by atoms with Gasteiger partial charge in [-0.2, -0.15) is 13.2 Å². The van der Waals surface area contributed by atoms with Crippen LogP contribution in [-0.4, -0.2) is 5.91 Å². The maximum Gasteiger partial charge on any atom is 0.416 e. The molecule has 0 spiro atoms. The van der Waals surface area contributed by atoms with Crippen molar-refractivity contribution in [3.63, 3.8) is 0 Å². The number of carbonyl (C=O) groups is 1. The van der Waals surface area contributed by atoms with E-state index in [1.165, 1.54) is 12.1 Å². The molecule has 1 saturated carbocycles. The molecule has 0 bridgehead atoms. The Morgan fingerprint density at radius 1 is 1.15 bits per heavy atom.